The Labute approximate surface area is 125 Å². The highest BCUT2D eigenvalue weighted by molar-refractivity contribution is 6.30. The normalized spacial score (nSPS) is 24.3. The van der Waals surface area contributed by atoms with Crippen molar-refractivity contribution in [2.45, 2.75) is 38.1 Å². The molecule has 0 radical (unpaired) electrons. The molecule has 0 bridgehead atoms. The minimum atomic E-state index is -0.150. The van der Waals surface area contributed by atoms with Crippen LogP contribution in [-0.2, 0) is 5.54 Å². The largest absolute Gasteiger partial charge is 0.328 e. The van der Waals surface area contributed by atoms with Crippen LogP contribution < -0.4 is 5.32 Å². The number of carbonyl (C=O) groups is 1. The first-order chi connectivity index (χ1) is 9.59. The van der Waals surface area contributed by atoms with Gasteiger partial charge < -0.3 is 10.2 Å². The third-order valence-corrected chi connectivity index (χ3v) is 4.69. The zero-order valence-corrected chi connectivity index (χ0v) is 12.6. The van der Waals surface area contributed by atoms with Crippen molar-refractivity contribution in [2.75, 3.05) is 13.1 Å². The predicted octanol–water partition coefficient (Wildman–Crippen LogP) is 3.77. The molecule has 2 amide bonds. The first-order valence-corrected chi connectivity index (χ1v) is 7.80. The molecular weight excluding hydrogens is 272 g/mol. The molecule has 1 N–H and O–H groups in total. The molecule has 0 spiro atoms. The molecule has 1 saturated carbocycles. The summed E-state index contributed by atoms with van der Waals surface area (Å²) in [6.07, 6.45) is 4.38. The Morgan fingerprint density at radius 1 is 1.35 bits per heavy atom. The number of nitrogens with zero attached hydrogens (tertiary/aromatic N) is 1. The van der Waals surface area contributed by atoms with E-state index in [2.05, 4.69) is 12.2 Å². The number of nitrogens with one attached hydrogen (secondary N) is 1. The van der Waals surface area contributed by atoms with E-state index in [1.165, 1.54) is 12.0 Å². The fourth-order valence-corrected chi connectivity index (χ4v) is 3.16. The first kappa shape index (κ1) is 13.7. The van der Waals surface area contributed by atoms with Crippen molar-refractivity contribution < 1.29 is 4.79 Å². The van der Waals surface area contributed by atoms with Crippen molar-refractivity contribution in [1.82, 2.24) is 10.2 Å². The number of hydrogen-bond acceptors (Lipinski definition) is 1. The molecule has 1 saturated heterocycles. The van der Waals surface area contributed by atoms with Crippen LogP contribution in [0.5, 0.6) is 0 Å². The molecule has 1 aromatic rings. The van der Waals surface area contributed by atoms with E-state index in [9.17, 15) is 4.79 Å². The van der Waals surface area contributed by atoms with E-state index in [1.54, 1.807) is 0 Å². The molecule has 108 valence electrons. The smallest absolute Gasteiger partial charge is 0.318 e. The first-order valence-electron chi connectivity index (χ1n) is 7.42. The van der Waals surface area contributed by atoms with Crippen molar-refractivity contribution >= 4 is 17.6 Å². The van der Waals surface area contributed by atoms with Crippen LogP contribution in [0.15, 0.2) is 24.3 Å². The number of halogens is 1. The molecule has 1 heterocycles. The Morgan fingerprint density at radius 2 is 2.05 bits per heavy atom. The molecule has 3 nitrogen and oxygen atoms in total. The van der Waals surface area contributed by atoms with Crippen LogP contribution in [0, 0.1) is 5.92 Å². The number of likely N-dealkylation sites (tertiary alicyclic amines) is 1. The van der Waals surface area contributed by atoms with Crippen molar-refractivity contribution in [3.8, 4) is 0 Å². The lowest BCUT2D eigenvalue weighted by Crippen LogP contribution is -2.48. The maximum absolute atomic E-state index is 12.4. The summed E-state index contributed by atoms with van der Waals surface area (Å²) in [5.74, 6) is 0.611. The van der Waals surface area contributed by atoms with E-state index in [0.717, 1.165) is 37.4 Å². The van der Waals surface area contributed by atoms with Gasteiger partial charge in [-0.05, 0) is 49.3 Å². The molecule has 4 heteroatoms. The van der Waals surface area contributed by atoms with Gasteiger partial charge in [0.25, 0.3) is 0 Å². The Balaban J connectivity index is 1.67. The van der Waals surface area contributed by atoms with E-state index in [0.29, 0.717) is 5.92 Å². The highest BCUT2D eigenvalue weighted by Gasteiger charge is 2.46. The minimum Gasteiger partial charge on any atom is -0.328 e. The molecule has 0 aromatic heterocycles. The van der Waals surface area contributed by atoms with Gasteiger partial charge in [0.2, 0.25) is 0 Å². The van der Waals surface area contributed by atoms with E-state index >= 15 is 0 Å². The molecule has 20 heavy (non-hydrogen) atoms. The predicted molar refractivity (Wildman–Crippen MR) is 80.9 cm³/mol. The summed E-state index contributed by atoms with van der Waals surface area (Å²) in [7, 11) is 0. The summed E-state index contributed by atoms with van der Waals surface area (Å²) in [5.41, 5.74) is 1.02. The Kier molecular flexibility index (Phi) is 3.63. The lowest BCUT2D eigenvalue weighted by molar-refractivity contribution is 0.165. The lowest BCUT2D eigenvalue weighted by Gasteiger charge is -2.32. The van der Waals surface area contributed by atoms with Gasteiger partial charge in [0.15, 0.2) is 0 Å². The summed E-state index contributed by atoms with van der Waals surface area (Å²) in [5, 5.41) is 3.97. The third kappa shape index (κ3) is 2.78. The number of piperidine rings is 1. The second-order valence-corrected chi connectivity index (χ2v) is 6.65. The molecule has 1 aliphatic heterocycles. The van der Waals surface area contributed by atoms with Crippen LogP contribution in [0.1, 0.15) is 38.2 Å². The molecular formula is C16H21ClN2O. The fourth-order valence-electron chi connectivity index (χ4n) is 3.04. The fraction of sp³-hybridized carbons (Fsp3) is 0.562. The standard InChI is InChI=1S/C16H21ClN2O/c1-12-3-2-10-19(11-12)15(20)18-16(8-9-16)13-4-6-14(17)7-5-13/h4-7,12H,2-3,8-11H2,1H3,(H,18,20). The SMILES string of the molecule is CC1CCCN(C(=O)NC2(c3ccc(Cl)cc3)CC2)C1. The van der Waals surface area contributed by atoms with Crippen LogP contribution in [0.3, 0.4) is 0 Å². The number of hydrogen-bond donors (Lipinski definition) is 1. The topological polar surface area (TPSA) is 32.3 Å². The Hall–Kier alpha value is -1.22. The van der Waals surface area contributed by atoms with Crippen LogP contribution in [0.2, 0.25) is 5.02 Å². The molecule has 1 aliphatic carbocycles. The number of carbonyl (C=O) groups excluding carboxylic acids is 1. The highest BCUT2D eigenvalue weighted by atomic mass is 35.5. The summed E-state index contributed by atoms with van der Waals surface area (Å²) in [6, 6.07) is 7.92. The van der Waals surface area contributed by atoms with Crippen LogP contribution in [0.4, 0.5) is 4.79 Å². The second kappa shape index (κ2) is 5.28. The highest BCUT2D eigenvalue weighted by Crippen LogP contribution is 2.45. The molecule has 2 aliphatic rings. The summed E-state index contributed by atoms with van der Waals surface area (Å²) in [4.78, 5) is 14.4. The van der Waals surface area contributed by atoms with Gasteiger partial charge in [0.1, 0.15) is 0 Å². The van der Waals surface area contributed by atoms with Gasteiger partial charge in [-0.15, -0.1) is 0 Å². The maximum atomic E-state index is 12.4. The lowest BCUT2D eigenvalue weighted by atomic mass is 10.0. The van der Waals surface area contributed by atoms with Crippen LogP contribution in [0.25, 0.3) is 0 Å². The minimum absolute atomic E-state index is 0.0870. The van der Waals surface area contributed by atoms with Crippen molar-refractivity contribution in [2.24, 2.45) is 5.92 Å². The van der Waals surface area contributed by atoms with Gasteiger partial charge in [-0.25, -0.2) is 4.79 Å². The molecule has 1 aromatic carbocycles. The van der Waals surface area contributed by atoms with Crippen LogP contribution in [-0.4, -0.2) is 24.0 Å². The van der Waals surface area contributed by atoms with Gasteiger partial charge in [0.05, 0.1) is 5.54 Å². The van der Waals surface area contributed by atoms with E-state index in [-0.39, 0.29) is 11.6 Å². The Bertz CT molecular complexity index is 496. The average Bonchev–Trinajstić information content (AvgIpc) is 3.20. The van der Waals surface area contributed by atoms with Gasteiger partial charge in [-0.1, -0.05) is 30.7 Å². The van der Waals surface area contributed by atoms with E-state index < -0.39 is 0 Å². The maximum Gasteiger partial charge on any atom is 0.318 e. The summed E-state index contributed by atoms with van der Waals surface area (Å²) >= 11 is 5.93. The van der Waals surface area contributed by atoms with Crippen molar-refractivity contribution in [1.29, 1.82) is 0 Å². The third-order valence-electron chi connectivity index (χ3n) is 4.44. The van der Waals surface area contributed by atoms with E-state index in [1.807, 2.05) is 29.2 Å². The van der Waals surface area contributed by atoms with Gasteiger partial charge in [-0.2, -0.15) is 0 Å². The monoisotopic (exact) mass is 292 g/mol. The summed E-state index contributed by atoms with van der Waals surface area (Å²) < 4.78 is 0. The zero-order chi connectivity index (χ0) is 14.2. The average molecular weight is 293 g/mol. The number of rotatable bonds is 2. The Morgan fingerprint density at radius 3 is 2.65 bits per heavy atom. The number of amides is 2. The number of benzene rings is 1. The summed E-state index contributed by atoms with van der Waals surface area (Å²) in [6.45, 7) is 3.97. The van der Waals surface area contributed by atoms with E-state index in [4.69, 9.17) is 11.6 Å². The quantitative estimate of drug-likeness (QED) is 0.884. The second-order valence-electron chi connectivity index (χ2n) is 6.21. The molecule has 1 atom stereocenters. The zero-order valence-electron chi connectivity index (χ0n) is 11.9. The number of urea groups is 1. The van der Waals surface area contributed by atoms with Crippen molar-refractivity contribution in [3.63, 3.8) is 0 Å². The molecule has 1 unspecified atom stereocenters. The van der Waals surface area contributed by atoms with Gasteiger partial charge in [0, 0.05) is 18.1 Å². The van der Waals surface area contributed by atoms with Crippen LogP contribution >= 0.6 is 11.6 Å². The van der Waals surface area contributed by atoms with Crippen molar-refractivity contribution in [3.05, 3.63) is 34.9 Å². The van der Waals surface area contributed by atoms with Gasteiger partial charge in [-0.3, -0.25) is 0 Å². The molecule has 2 fully saturated rings. The molecule has 3 rings (SSSR count). The van der Waals surface area contributed by atoms with Gasteiger partial charge >= 0.3 is 6.03 Å².